The molecule has 0 saturated carbocycles. The van der Waals surface area contributed by atoms with Gasteiger partial charge in [0.2, 0.25) is 0 Å². The molecule has 4 rings (SSSR count). The van der Waals surface area contributed by atoms with E-state index in [2.05, 4.69) is 71.8 Å². The second kappa shape index (κ2) is 9.00. The van der Waals surface area contributed by atoms with E-state index in [1.54, 1.807) is 0 Å². The summed E-state index contributed by atoms with van der Waals surface area (Å²) in [5.41, 5.74) is 2.24. The Balaban J connectivity index is 1.61. The van der Waals surface area contributed by atoms with Crippen LogP contribution in [0, 0.1) is 0 Å². The lowest BCUT2D eigenvalue weighted by Crippen LogP contribution is -2.53. The quantitative estimate of drug-likeness (QED) is 0.573. The minimum Gasteiger partial charge on any atom is -0.372 e. The van der Waals surface area contributed by atoms with Crippen LogP contribution in [0.4, 0.5) is 17.3 Å². The van der Waals surface area contributed by atoms with E-state index in [0.29, 0.717) is 0 Å². The number of carbonyl (C=O) groups is 1. The number of rotatable bonds is 7. The van der Waals surface area contributed by atoms with E-state index in [0.717, 1.165) is 55.1 Å². The smallest absolute Gasteiger partial charge is 0.152 e. The van der Waals surface area contributed by atoms with Crippen LogP contribution in [0.25, 0.3) is 10.9 Å². The Morgan fingerprint density at radius 1 is 1.26 bits per heavy atom. The van der Waals surface area contributed by atoms with Crippen LogP contribution in [0.5, 0.6) is 0 Å². The number of aromatic amines is 1. The number of anilines is 3. The number of nitrogens with zero attached hydrogens (tertiary/aromatic N) is 4. The van der Waals surface area contributed by atoms with E-state index in [-0.39, 0.29) is 18.1 Å². The third kappa shape index (κ3) is 4.11. The summed E-state index contributed by atoms with van der Waals surface area (Å²) in [5.74, 6) is 2.03. The van der Waals surface area contributed by atoms with E-state index < -0.39 is 0 Å². The molecule has 0 spiro atoms. The number of piperidine rings is 1. The van der Waals surface area contributed by atoms with Crippen LogP contribution in [-0.2, 0) is 4.79 Å². The first-order valence-electron chi connectivity index (χ1n) is 11.3. The van der Waals surface area contributed by atoms with Gasteiger partial charge in [0, 0.05) is 49.3 Å². The molecule has 0 bridgehead atoms. The van der Waals surface area contributed by atoms with E-state index in [1.807, 2.05) is 24.4 Å². The average molecular weight is 420 g/mol. The number of para-hydroxylation sites is 1. The predicted octanol–water partition coefficient (Wildman–Crippen LogP) is 4.47. The van der Waals surface area contributed by atoms with Crippen LogP contribution in [0.1, 0.15) is 33.6 Å². The zero-order chi connectivity index (χ0) is 22.0. The van der Waals surface area contributed by atoms with Gasteiger partial charge in [0.15, 0.2) is 5.82 Å². The summed E-state index contributed by atoms with van der Waals surface area (Å²) in [4.78, 5) is 27.3. The Kier molecular flexibility index (Phi) is 6.16. The maximum atomic E-state index is 12.2. The second-order valence-electron chi connectivity index (χ2n) is 8.68. The Morgan fingerprint density at radius 3 is 2.77 bits per heavy atom. The number of benzene rings is 1. The van der Waals surface area contributed by atoms with Gasteiger partial charge in [-0.15, -0.1) is 0 Å². The molecule has 0 radical (unpaired) electrons. The maximum Gasteiger partial charge on any atom is 0.152 e. The van der Waals surface area contributed by atoms with Gasteiger partial charge in [-0.2, -0.15) is 0 Å². The molecular formula is C25H33N5O. The fourth-order valence-electron chi connectivity index (χ4n) is 4.77. The molecule has 164 valence electrons. The van der Waals surface area contributed by atoms with Crippen molar-refractivity contribution in [2.75, 3.05) is 34.8 Å². The van der Waals surface area contributed by atoms with Gasteiger partial charge in [-0.1, -0.05) is 18.2 Å². The average Bonchev–Trinajstić information content (AvgIpc) is 3.22. The molecule has 2 atom stereocenters. The largest absolute Gasteiger partial charge is 0.372 e. The lowest BCUT2D eigenvalue weighted by molar-refractivity contribution is -0.109. The highest BCUT2D eigenvalue weighted by molar-refractivity contribution is 5.85. The molecule has 3 aromatic rings. The molecule has 6 nitrogen and oxygen atoms in total. The van der Waals surface area contributed by atoms with Crippen molar-refractivity contribution >= 4 is 34.5 Å². The molecule has 1 aliphatic rings. The summed E-state index contributed by atoms with van der Waals surface area (Å²) in [6.07, 6.45) is 4.73. The van der Waals surface area contributed by atoms with Crippen molar-refractivity contribution in [3.8, 4) is 0 Å². The van der Waals surface area contributed by atoms with Gasteiger partial charge in [-0.05, 0) is 57.9 Å². The number of pyridine rings is 1. The van der Waals surface area contributed by atoms with Gasteiger partial charge in [0.25, 0.3) is 0 Å². The van der Waals surface area contributed by atoms with Crippen LogP contribution >= 0.6 is 0 Å². The first-order valence-corrected chi connectivity index (χ1v) is 11.3. The lowest BCUT2D eigenvalue weighted by Gasteiger charge is -2.45. The number of carbonyl (C=O) groups excluding carboxylic acids is 1. The molecule has 2 aromatic heterocycles. The normalized spacial score (nSPS) is 19.1. The van der Waals surface area contributed by atoms with E-state index in [4.69, 9.17) is 4.98 Å². The van der Waals surface area contributed by atoms with Gasteiger partial charge in [0.05, 0.1) is 11.7 Å². The van der Waals surface area contributed by atoms with E-state index in [9.17, 15) is 4.79 Å². The van der Waals surface area contributed by atoms with Gasteiger partial charge < -0.3 is 24.5 Å². The molecule has 1 saturated heterocycles. The van der Waals surface area contributed by atoms with Crippen LogP contribution in [0.15, 0.2) is 48.7 Å². The van der Waals surface area contributed by atoms with Crippen molar-refractivity contribution in [1.82, 2.24) is 9.97 Å². The highest BCUT2D eigenvalue weighted by Crippen LogP contribution is 2.35. The van der Waals surface area contributed by atoms with Gasteiger partial charge >= 0.3 is 0 Å². The topological polar surface area (TPSA) is 55.5 Å². The van der Waals surface area contributed by atoms with Crippen LogP contribution < -0.4 is 14.7 Å². The first-order chi connectivity index (χ1) is 15.0. The number of nitrogens with one attached hydrogen (secondary N) is 1. The Hall–Kier alpha value is -3.02. The minimum atomic E-state index is -0.163. The Morgan fingerprint density at radius 2 is 2.06 bits per heavy atom. The molecule has 1 fully saturated rings. The summed E-state index contributed by atoms with van der Waals surface area (Å²) < 4.78 is 0. The SMILES string of the molecule is CCN(C)c1cccnc1N(C(C)C)C1CCN(c2cc3ccccc3[nH]2)C(C=O)C1. The van der Waals surface area contributed by atoms with Gasteiger partial charge in [-0.3, -0.25) is 0 Å². The van der Waals surface area contributed by atoms with Crippen LogP contribution in [0.2, 0.25) is 0 Å². The van der Waals surface area contributed by atoms with Crippen molar-refractivity contribution in [1.29, 1.82) is 0 Å². The Labute approximate surface area is 184 Å². The number of fused-ring (bicyclic) bond motifs is 1. The molecule has 1 aromatic carbocycles. The monoisotopic (exact) mass is 419 g/mol. The van der Waals surface area contributed by atoms with Crippen LogP contribution in [0.3, 0.4) is 0 Å². The van der Waals surface area contributed by atoms with Crippen LogP contribution in [-0.4, -0.2) is 54.5 Å². The summed E-state index contributed by atoms with van der Waals surface area (Å²) >= 11 is 0. The second-order valence-corrected chi connectivity index (χ2v) is 8.68. The number of hydrogen-bond acceptors (Lipinski definition) is 5. The van der Waals surface area contributed by atoms with Crippen molar-refractivity contribution in [3.63, 3.8) is 0 Å². The van der Waals surface area contributed by atoms with Crippen molar-refractivity contribution < 1.29 is 4.79 Å². The summed E-state index contributed by atoms with van der Waals surface area (Å²) in [5, 5.41) is 1.17. The lowest BCUT2D eigenvalue weighted by atomic mass is 9.95. The molecule has 6 heteroatoms. The zero-order valence-electron chi connectivity index (χ0n) is 19.0. The number of aromatic nitrogens is 2. The molecule has 1 aliphatic heterocycles. The molecule has 0 aliphatic carbocycles. The van der Waals surface area contributed by atoms with Crippen molar-refractivity contribution in [3.05, 3.63) is 48.7 Å². The van der Waals surface area contributed by atoms with Gasteiger partial charge in [-0.25, -0.2) is 4.98 Å². The van der Waals surface area contributed by atoms with Crippen molar-refractivity contribution in [2.45, 2.75) is 51.7 Å². The third-order valence-corrected chi connectivity index (χ3v) is 6.45. The molecule has 0 amide bonds. The predicted molar refractivity (Wildman–Crippen MR) is 129 cm³/mol. The number of hydrogen-bond donors (Lipinski definition) is 1. The first kappa shape index (κ1) is 21.2. The minimum absolute atomic E-state index is 0.163. The fourth-order valence-corrected chi connectivity index (χ4v) is 4.77. The van der Waals surface area contributed by atoms with Gasteiger partial charge in [0.1, 0.15) is 12.1 Å². The fraction of sp³-hybridized carbons (Fsp3) is 0.440. The summed E-state index contributed by atoms with van der Waals surface area (Å²) in [7, 11) is 2.10. The van der Waals surface area contributed by atoms with Crippen molar-refractivity contribution in [2.24, 2.45) is 0 Å². The summed E-state index contributed by atoms with van der Waals surface area (Å²) in [6.45, 7) is 8.32. The summed E-state index contributed by atoms with van der Waals surface area (Å²) in [6, 6.07) is 14.9. The molecule has 3 heterocycles. The highest BCUT2D eigenvalue weighted by Gasteiger charge is 2.35. The molecule has 2 unspecified atom stereocenters. The molecule has 31 heavy (non-hydrogen) atoms. The maximum absolute atomic E-state index is 12.2. The Bertz CT molecular complexity index is 996. The van der Waals surface area contributed by atoms with E-state index >= 15 is 0 Å². The molecular weight excluding hydrogens is 386 g/mol. The zero-order valence-corrected chi connectivity index (χ0v) is 19.0. The van der Waals surface area contributed by atoms with E-state index in [1.165, 1.54) is 5.39 Å². The number of aldehydes is 1. The molecule has 1 N–H and O–H groups in total. The third-order valence-electron chi connectivity index (χ3n) is 6.45. The highest BCUT2D eigenvalue weighted by atomic mass is 16.1. The number of H-pyrrole nitrogens is 1. The standard InChI is InChI=1S/C25H33N5O/c1-5-28(4)23-11-8-13-26-25(23)30(18(2)3)20-12-14-29(21(16-20)17-31)24-15-19-9-6-7-10-22(19)27-24/h6-11,13,15,17-18,20-21,27H,5,12,14,16H2,1-4H3.